The molecule has 5 nitrogen and oxygen atoms in total. The number of aromatic nitrogens is 1. The molecule has 1 amide bonds. The number of carbonyl (C=O) groups excluding carboxylic acids is 1. The summed E-state index contributed by atoms with van der Waals surface area (Å²) in [6.45, 7) is 4.08. The summed E-state index contributed by atoms with van der Waals surface area (Å²) in [5.74, 6) is -0.0467. The number of rotatable bonds is 5. The third kappa shape index (κ3) is 4.93. The summed E-state index contributed by atoms with van der Waals surface area (Å²) in [7, 11) is 0. The maximum absolute atomic E-state index is 11.5. The van der Waals surface area contributed by atoms with Crippen LogP contribution in [0.3, 0.4) is 0 Å². The molecule has 0 saturated carbocycles. The maximum Gasteiger partial charge on any atom is 0.229 e. The molecule has 0 radical (unpaired) electrons. The number of nitrogens with zero attached hydrogens (tertiary/aromatic N) is 1. The van der Waals surface area contributed by atoms with Crippen molar-refractivity contribution in [3.63, 3.8) is 0 Å². The smallest absolute Gasteiger partial charge is 0.229 e. The number of nitrogens with two attached hydrogens (primary N) is 1. The number of aryl methyl sites for hydroxylation is 1. The molecule has 1 atom stereocenters. The lowest BCUT2D eigenvalue weighted by atomic mass is 10.1. The van der Waals surface area contributed by atoms with Gasteiger partial charge in [0.2, 0.25) is 11.1 Å². The first-order valence-electron chi connectivity index (χ1n) is 5.14. The fraction of sp³-hybridized carbons (Fsp3) is 0.600. The van der Waals surface area contributed by atoms with Gasteiger partial charge in [-0.3, -0.25) is 4.79 Å². The van der Waals surface area contributed by atoms with E-state index in [1.165, 1.54) is 0 Å². The van der Waals surface area contributed by atoms with Crippen LogP contribution in [-0.2, 0) is 11.2 Å². The van der Waals surface area contributed by atoms with E-state index in [1.54, 1.807) is 6.92 Å². The van der Waals surface area contributed by atoms with Gasteiger partial charge in [0.05, 0.1) is 5.69 Å². The molecule has 7 heteroatoms. The molecule has 0 aliphatic carbocycles. The number of halogens is 2. The van der Waals surface area contributed by atoms with Crippen LogP contribution in [0.5, 0.6) is 0 Å². The zero-order valence-electron chi connectivity index (χ0n) is 9.83. The third-order valence-electron chi connectivity index (χ3n) is 2.30. The van der Waals surface area contributed by atoms with Crippen molar-refractivity contribution in [2.24, 2.45) is 5.73 Å². The molecule has 1 rings (SSSR count). The van der Waals surface area contributed by atoms with Gasteiger partial charge in [0.25, 0.3) is 0 Å². The Bertz CT molecular complexity index is 349. The molecule has 1 aromatic rings. The average Bonchev–Trinajstić information content (AvgIpc) is 2.56. The monoisotopic (exact) mass is 281 g/mol. The molecule has 3 N–H and O–H groups in total. The van der Waals surface area contributed by atoms with Crippen LogP contribution in [0, 0.1) is 6.92 Å². The summed E-state index contributed by atoms with van der Waals surface area (Å²) in [4.78, 5) is 11.5. The molecule has 1 heterocycles. The lowest BCUT2D eigenvalue weighted by molar-refractivity contribution is -0.121. The molecule has 0 aromatic carbocycles. The van der Waals surface area contributed by atoms with Crippen LogP contribution in [0.1, 0.15) is 24.6 Å². The fourth-order valence-electron chi connectivity index (χ4n) is 1.28. The number of nitrogens with one attached hydrogen (secondary N) is 1. The van der Waals surface area contributed by atoms with Gasteiger partial charge >= 0.3 is 0 Å². The summed E-state index contributed by atoms with van der Waals surface area (Å²) in [6.07, 6.45) is 0.878. The Morgan fingerprint density at radius 2 is 2.29 bits per heavy atom. The molecule has 0 fully saturated rings. The first-order valence-corrected chi connectivity index (χ1v) is 5.52. The Morgan fingerprint density at radius 3 is 2.76 bits per heavy atom. The minimum absolute atomic E-state index is 0. The summed E-state index contributed by atoms with van der Waals surface area (Å²) >= 11 is 5.78. The lowest BCUT2D eigenvalue weighted by Gasteiger charge is -2.10. The van der Waals surface area contributed by atoms with Gasteiger partial charge in [-0.15, -0.1) is 12.4 Å². The molecule has 17 heavy (non-hydrogen) atoms. The van der Waals surface area contributed by atoms with E-state index in [9.17, 15) is 4.79 Å². The second-order valence-electron chi connectivity index (χ2n) is 3.72. The second-order valence-corrected chi connectivity index (χ2v) is 4.07. The van der Waals surface area contributed by atoms with E-state index in [0.717, 1.165) is 11.3 Å². The highest BCUT2D eigenvalue weighted by molar-refractivity contribution is 6.29. The van der Waals surface area contributed by atoms with E-state index in [1.807, 2.05) is 6.92 Å². The summed E-state index contributed by atoms with van der Waals surface area (Å²) in [5, 5.41) is 6.75. The Labute approximate surface area is 111 Å². The van der Waals surface area contributed by atoms with Gasteiger partial charge < -0.3 is 15.6 Å². The van der Waals surface area contributed by atoms with Gasteiger partial charge in [0.15, 0.2) is 0 Å². The SMILES string of the molecule is Cc1noc(Cl)c1CCC(=O)N[C@@H](C)CN.Cl. The van der Waals surface area contributed by atoms with E-state index in [0.29, 0.717) is 19.4 Å². The van der Waals surface area contributed by atoms with Crippen molar-refractivity contribution < 1.29 is 9.32 Å². The van der Waals surface area contributed by atoms with Crippen LogP contribution in [0.15, 0.2) is 4.52 Å². The van der Waals surface area contributed by atoms with E-state index < -0.39 is 0 Å². The molecule has 98 valence electrons. The highest BCUT2D eigenvalue weighted by Crippen LogP contribution is 2.20. The van der Waals surface area contributed by atoms with E-state index in [2.05, 4.69) is 10.5 Å². The minimum atomic E-state index is -0.0467. The number of hydrogen-bond donors (Lipinski definition) is 2. The lowest BCUT2D eigenvalue weighted by Crippen LogP contribution is -2.37. The van der Waals surface area contributed by atoms with Crippen molar-refractivity contribution in [3.8, 4) is 0 Å². The first-order chi connectivity index (χ1) is 7.54. The van der Waals surface area contributed by atoms with Crippen molar-refractivity contribution in [2.45, 2.75) is 32.7 Å². The molecular formula is C10H17Cl2N3O2. The molecule has 1 aromatic heterocycles. The normalized spacial score (nSPS) is 11.8. The Hall–Kier alpha value is -0.780. The predicted molar refractivity (Wildman–Crippen MR) is 68.5 cm³/mol. The minimum Gasteiger partial charge on any atom is -0.352 e. The van der Waals surface area contributed by atoms with Crippen LogP contribution >= 0.6 is 24.0 Å². The second kappa shape index (κ2) is 7.53. The van der Waals surface area contributed by atoms with Gasteiger partial charge in [0, 0.05) is 24.6 Å². The van der Waals surface area contributed by atoms with E-state index in [-0.39, 0.29) is 29.6 Å². The summed E-state index contributed by atoms with van der Waals surface area (Å²) in [6, 6.07) is -0.00783. The van der Waals surface area contributed by atoms with Crippen LogP contribution < -0.4 is 11.1 Å². The summed E-state index contributed by atoms with van der Waals surface area (Å²) in [5.41, 5.74) is 6.91. The van der Waals surface area contributed by atoms with Crippen molar-refractivity contribution in [2.75, 3.05) is 6.54 Å². The summed E-state index contributed by atoms with van der Waals surface area (Å²) < 4.78 is 4.79. The van der Waals surface area contributed by atoms with Crippen molar-refractivity contribution in [3.05, 3.63) is 16.5 Å². The molecule has 0 bridgehead atoms. The Morgan fingerprint density at radius 1 is 1.65 bits per heavy atom. The zero-order chi connectivity index (χ0) is 12.1. The van der Waals surface area contributed by atoms with Gasteiger partial charge in [-0.2, -0.15) is 0 Å². The molecule has 0 aliphatic rings. The zero-order valence-corrected chi connectivity index (χ0v) is 11.4. The highest BCUT2D eigenvalue weighted by Gasteiger charge is 2.13. The topological polar surface area (TPSA) is 81.2 Å². The van der Waals surface area contributed by atoms with Crippen molar-refractivity contribution in [1.82, 2.24) is 10.5 Å². The van der Waals surface area contributed by atoms with Crippen molar-refractivity contribution >= 4 is 29.9 Å². The van der Waals surface area contributed by atoms with Crippen LogP contribution in [0.4, 0.5) is 0 Å². The Balaban J connectivity index is 0.00000256. The van der Waals surface area contributed by atoms with E-state index >= 15 is 0 Å². The Kier molecular flexibility index (Phi) is 7.18. The third-order valence-corrected chi connectivity index (χ3v) is 2.60. The molecule has 0 spiro atoms. The molecule has 0 unspecified atom stereocenters. The fourth-order valence-corrected chi connectivity index (χ4v) is 1.55. The number of hydrogen-bond acceptors (Lipinski definition) is 4. The molecular weight excluding hydrogens is 265 g/mol. The quantitative estimate of drug-likeness (QED) is 0.856. The standard InChI is InChI=1S/C10H16ClN3O2.ClH/c1-6(5-12)13-9(15)4-3-8-7(2)14-16-10(8)11;/h6H,3-5,12H2,1-2H3,(H,13,15);1H/t6-;/m0./s1. The van der Waals surface area contributed by atoms with Gasteiger partial charge in [-0.1, -0.05) is 5.16 Å². The van der Waals surface area contributed by atoms with E-state index in [4.69, 9.17) is 21.9 Å². The van der Waals surface area contributed by atoms with Crippen LogP contribution in [-0.4, -0.2) is 23.7 Å². The van der Waals surface area contributed by atoms with Crippen molar-refractivity contribution in [1.29, 1.82) is 0 Å². The van der Waals surface area contributed by atoms with Gasteiger partial charge in [0.1, 0.15) is 0 Å². The largest absolute Gasteiger partial charge is 0.352 e. The number of amides is 1. The van der Waals surface area contributed by atoms with Gasteiger partial charge in [-0.05, 0) is 31.9 Å². The number of carbonyl (C=O) groups is 1. The maximum atomic E-state index is 11.5. The van der Waals surface area contributed by atoms with Crippen LogP contribution in [0.25, 0.3) is 0 Å². The predicted octanol–water partition coefficient (Wildman–Crippen LogP) is 1.45. The molecule has 0 saturated heterocycles. The molecule has 0 aliphatic heterocycles. The van der Waals surface area contributed by atoms with Crippen LogP contribution in [0.2, 0.25) is 5.22 Å². The average molecular weight is 282 g/mol. The van der Waals surface area contributed by atoms with Gasteiger partial charge in [-0.25, -0.2) is 0 Å². The first kappa shape index (κ1) is 16.2. The highest BCUT2D eigenvalue weighted by atomic mass is 35.5.